The SMILES string of the molecule is CCOC(=O)c1ccoc1-c1cc2ccc(O)cc2oc1=O. The van der Waals surface area contributed by atoms with Gasteiger partial charge in [-0.25, -0.2) is 9.59 Å². The number of benzene rings is 1. The van der Waals surface area contributed by atoms with Crippen LogP contribution in [0.15, 0.2) is 50.2 Å². The lowest BCUT2D eigenvalue weighted by atomic mass is 10.1. The Labute approximate surface area is 124 Å². The van der Waals surface area contributed by atoms with E-state index in [0.717, 1.165) is 0 Å². The fourth-order valence-corrected chi connectivity index (χ4v) is 2.15. The second kappa shape index (κ2) is 5.40. The van der Waals surface area contributed by atoms with Crippen LogP contribution < -0.4 is 5.63 Å². The Balaban J connectivity index is 2.17. The van der Waals surface area contributed by atoms with Gasteiger partial charge in [-0.05, 0) is 31.2 Å². The number of carbonyl (C=O) groups is 1. The topological polar surface area (TPSA) is 89.9 Å². The van der Waals surface area contributed by atoms with Gasteiger partial charge in [-0.3, -0.25) is 0 Å². The van der Waals surface area contributed by atoms with Crippen molar-refractivity contribution in [2.75, 3.05) is 6.61 Å². The third-order valence-corrected chi connectivity index (χ3v) is 3.12. The van der Waals surface area contributed by atoms with Crippen molar-refractivity contribution in [2.24, 2.45) is 0 Å². The molecule has 0 amide bonds. The highest BCUT2D eigenvalue weighted by atomic mass is 16.5. The Bertz CT molecular complexity index is 902. The molecule has 3 rings (SSSR count). The molecule has 0 aliphatic carbocycles. The summed E-state index contributed by atoms with van der Waals surface area (Å²) in [5, 5.41) is 10.0. The number of hydrogen-bond donors (Lipinski definition) is 1. The van der Waals surface area contributed by atoms with Gasteiger partial charge in [0.1, 0.15) is 22.5 Å². The van der Waals surface area contributed by atoms with E-state index in [1.165, 1.54) is 24.5 Å². The molecular formula is C16H12O6. The third-order valence-electron chi connectivity index (χ3n) is 3.12. The van der Waals surface area contributed by atoms with Crippen molar-refractivity contribution in [3.05, 3.63) is 52.6 Å². The predicted molar refractivity (Wildman–Crippen MR) is 77.8 cm³/mol. The molecule has 1 N–H and O–H groups in total. The number of furan rings is 1. The van der Waals surface area contributed by atoms with Gasteiger partial charge in [0.25, 0.3) is 0 Å². The molecule has 0 spiro atoms. The fraction of sp³-hybridized carbons (Fsp3) is 0.125. The molecule has 0 bridgehead atoms. The molecule has 0 fully saturated rings. The Hall–Kier alpha value is -3.02. The summed E-state index contributed by atoms with van der Waals surface area (Å²) in [6.45, 7) is 1.91. The molecule has 1 aromatic carbocycles. The van der Waals surface area contributed by atoms with Gasteiger partial charge in [0, 0.05) is 11.5 Å². The van der Waals surface area contributed by atoms with Crippen molar-refractivity contribution >= 4 is 16.9 Å². The normalized spacial score (nSPS) is 10.8. The van der Waals surface area contributed by atoms with Crippen molar-refractivity contribution < 1.29 is 23.5 Å². The largest absolute Gasteiger partial charge is 0.508 e. The van der Waals surface area contributed by atoms with Crippen LogP contribution in [-0.2, 0) is 4.74 Å². The van der Waals surface area contributed by atoms with Crippen LogP contribution >= 0.6 is 0 Å². The lowest BCUT2D eigenvalue weighted by molar-refractivity contribution is 0.0526. The summed E-state index contributed by atoms with van der Waals surface area (Å²) in [6.07, 6.45) is 1.31. The number of aromatic hydroxyl groups is 1. The highest BCUT2D eigenvalue weighted by Crippen LogP contribution is 2.27. The van der Waals surface area contributed by atoms with Gasteiger partial charge in [-0.2, -0.15) is 0 Å². The van der Waals surface area contributed by atoms with E-state index < -0.39 is 11.6 Å². The second-order valence-electron chi connectivity index (χ2n) is 4.55. The maximum Gasteiger partial charge on any atom is 0.347 e. The predicted octanol–water partition coefficient (Wildman–Crippen LogP) is 2.94. The number of esters is 1. The van der Waals surface area contributed by atoms with Gasteiger partial charge < -0.3 is 18.7 Å². The monoisotopic (exact) mass is 300 g/mol. The summed E-state index contributed by atoms with van der Waals surface area (Å²) in [4.78, 5) is 24.0. The van der Waals surface area contributed by atoms with Gasteiger partial charge in [-0.1, -0.05) is 0 Å². The Kier molecular flexibility index (Phi) is 3.42. The van der Waals surface area contributed by atoms with Crippen molar-refractivity contribution in [1.82, 2.24) is 0 Å². The van der Waals surface area contributed by atoms with E-state index in [-0.39, 0.29) is 34.8 Å². The molecule has 0 atom stereocenters. The maximum absolute atomic E-state index is 12.1. The lowest BCUT2D eigenvalue weighted by Crippen LogP contribution is -2.08. The van der Waals surface area contributed by atoms with Gasteiger partial charge in [0.05, 0.1) is 12.9 Å². The summed E-state index contributed by atoms with van der Waals surface area (Å²) >= 11 is 0. The minimum Gasteiger partial charge on any atom is -0.508 e. The lowest BCUT2D eigenvalue weighted by Gasteiger charge is -2.03. The van der Waals surface area contributed by atoms with Gasteiger partial charge in [-0.15, -0.1) is 0 Å². The molecule has 0 aliphatic heterocycles. The molecule has 3 aromatic rings. The number of ether oxygens (including phenoxy) is 1. The van der Waals surface area contributed by atoms with E-state index in [4.69, 9.17) is 13.6 Å². The van der Waals surface area contributed by atoms with Crippen LogP contribution in [0.2, 0.25) is 0 Å². The van der Waals surface area contributed by atoms with E-state index in [0.29, 0.717) is 5.39 Å². The van der Waals surface area contributed by atoms with Gasteiger partial charge >= 0.3 is 11.6 Å². The van der Waals surface area contributed by atoms with E-state index in [9.17, 15) is 14.7 Å². The highest BCUT2D eigenvalue weighted by molar-refractivity contribution is 5.96. The molecule has 0 unspecified atom stereocenters. The zero-order chi connectivity index (χ0) is 15.7. The molecule has 6 heteroatoms. The van der Waals surface area contributed by atoms with Crippen molar-refractivity contribution in [2.45, 2.75) is 6.92 Å². The average molecular weight is 300 g/mol. The van der Waals surface area contributed by atoms with Gasteiger partial charge in [0.15, 0.2) is 5.76 Å². The number of rotatable bonds is 3. The second-order valence-corrected chi connectivity index (χ2v) is 4.55. The zero-order valence-electron chi connectivity index (χ0n) is 11.7. The van der Waals surface area contributed by atoms with Crippen molar-refractivity contribution in [3.63, 3.8) is 0 Å². The molecule has 6 nitrogen and oxygen atoms in total. The first-order valence-corrected chi connectivity index (χ1v) is 6.62. The Morgan fingerprint density at radius 1 is 1.27 bits per heavy atom. The summed E-state index contributed by atoms with van der Waals surface area (Å²) < 4.78 is 15.4. The Morgan fingerprint density at radius 2 is 2.09 bits per heavy atom. The number of carbonyl (C=O) groups excluding carboxylic acids is 1. The highest BCUT2D eigenvalue weighted by Gasteiger charge is 2.21. The summed E-state index contributed by atoms with van der Waals surface area (Å²) in [5.41, 5.74) is -0.143. The molecule has 112 valence electrons. The number of phenolic OH excluding ortho intramolecular Hbond substituents is 1. The smallest absolute Gasteiger partial charge is 0.347 e. The molecule has 0 saturated heterocycles. The van der Waals surface area contributed by atoms with Crippen LogP contribution in [0.25, 0.3) is 22.3 Å². The van der Waals surface area contributed by atoms with Crippen LogP contribution in [0.1, 0.15) is 17.3 Å². The molecule has 0 aliphatic rings. The third kappa shape index (κ3) is 2.35. The molecule has 0 radical (unpaired) electrons. The van der Waals surface area contributed by atoms with E-state index >= 15 is 0 Å². The Morgan fingerprint density at radius 3 is 2.86 bits per heavy atom. The standard InChI is InChI=1S/C16H12O6/c1-2-20-15(18)11-5-6-21-14(11)12-7-9-3-4-10(17)8-13(9)22-16(12)19/h3-8,17H,2H2,1H3. The average Bonchev–Trinajstić information content (AvgIpc) is 2.96. The molecule has 2 heterocycles. The summed E-state index contributed by atoms with van der Waals surface area (Å²) in [6, 6.07) is 7.40. The van der Waals surface area contributed by atoms with E-state index in [1.807, 2.05) is 0 Å². The van der Waals surface area contributed by atoms with Gasteiger partial charge in [0.2, 0.25) is 0 Å². The molecule has 0 saturated carbocycles. The molecular weight excluding hydrogens is 288 g/mol. The zero-order valence-corrected chi connectivity index (χ0v) is 11.7. The molecule has 2 aromatic heterocycles. The summed E-state index contributed by atoms with van der Waals surface area (Å²) in [5.74, 6) is -0.479. The van der Waals surface area contributed by atoms with Crippen molar-refractivity contribution in [3.8, 4) is 17.1 Å². The van der Waals surface area contributed by atoms with E-state index in [1.54, 1.807) is 19.1 Å². The fourth-order valence-electron chi connectivity index (χ4n) is 2.15. The molecule has 22 heavy (non-hydrogen) atoms. The van der Waals surface area contributed by atoms with Crippen LogP contribution in [0.4, 0.5) is 0 Å². The van der Waals surface area contributed by atoms with Crippen LogP contribution in [0.5, 0.6) is 5.75 Å². The van der Waals surface area contributed by atoms with Crippen molar-refractivity contribution in [1.29, 1.82) is 0 Å². The van der Waals surface area contributed by atoms with Crippen LogP contribution in [0, 0.1) is 0 Å². The minimum absolute atomic E-state index is 0.00592. The minimum atomic E-state index is -0.668. The number of hydrogen-bond acceptors (Lipinski definition) is 6. The summed E-state index contributed by atoms with van der Waals surface area (Å²) in [7, 11) is 0. The first-order chi connectivity index (χ1) is 10.6. The van der Waals surface area contributed by atoms with Crippen LogP contribution in [-0.4, -0.2) is 17.7 Å². The quantitative estimate of drug-likeness (QED) is 0.591. The first kappa shape index (κ1) is 13.9. The van der Waals surface area contributed by atoms with E-state index in [2.05, 4.69) is 0 Å². The van der Waals surface area contributed by atoms with Crippen LogP contribution in [0.3, 0.4) is 0 Å². The number of phenols is 1. The maximum atomic E-state index is 12.1. The first-order valence-electron chi connectivity index (χ1n) is 6.62. The number of fused-ring (bicyclic) bond motifs is 1.